The number of aryl methyl sites for hydroxylation is 1. The molecule has 1 atom stereocenters. The molecule has 0 spiro atoms. The number of nitrogens with one attached hydrogen (secondary N) is 1. The number of hydrogen-bond acceptors (Lipinski definition) is 4. The van der Waals surface area contributed by atoms with Crippen LogP contribution in [0.3, 0.4) is 0 Å². The Morgan fingerprint density at radius 2 is 2.26 bits per heavy atom. The molecule has 0 aliphatic carbocycles. The number of carbonyl (C=O) groups excluding carboxylic acids is 2. The fourth-order valence-electron chi connectivity index (χ4n) is 2.75. The number of nitrogens with zero attached hydrogens (tertiary/aromatic N) is 2. The highest BCUT2D eigenvalue weighted by Gasteiger charge is 2.34. The lowest BCUT2D eigenvalue weighted by atomic mass is 10.1. The second-order valence-electron chi connectivity index (χ2n) is 5.64. The van der Waals surface area contributed by atoms with E-state index < -0.39 is 6.04 Å². The third kappa shape index (κ3) is 3.41. The molecular weight excluding hydrogens is 294 g/mol. The molecule has 0 aromatic carbocycles. The van der Waals surface area contributed by atoms with Crippen molar-refractivity contribution in [3.05, 3.63) is 53.7 Å². The van der Waals surface area contributed by atoms with Crippen LogP contribution in [0.5, 0.6) is 0 Å². The molecule has 6 nitrogen and oxygen atoms in total. The average Bonchev–Trinajstić information content (AvgIpc) is 3.24. The lowest BCUT2D eigenvalue weighted by Crippen LogP contribution is -2.45. The number of rotatable bonds is 4. The van der Waals surface area contributed by atoms with Gasteiger partial charge >= 0.3 is 0 Å². The lowest BCUT2D eigenvalue weighted by molar-refractivity contribution is -0.125. The van der Waals surface area contributed by atoms with E-state index in [1.807, 2.05) is 6.92 Å². The van der Waals surface area contributed by atoms with Gasteiger partial charge in [0.25, 0.3) is 5.91 Å². The van der Waals surface area contributed by atoms with Crippen LogP contribution in [0.4, 0.5) is 0 Å². The molecule has 1 aliphatic heterocycles. The standard InChI is InChI=1S/C17H19N3O3/c1-12-6-7-13(10-18-12)17(22)20-8-2-5-15(20)16(21)19-11-14-4-3-9-23-14/h3-4,6-7,9-10,15H,2,5,8,11H2,1H3,(H,19,21). The Hall–Kier alpha value is -2.63. The van der Waals surface area contributed by atoms with E-state index in [9.17, 15) is 9.59 Å². The first kappa shape index (κ1) is 15.3. The van der Waals surface area contributed by atoms with Gasteiger partial charge in [0.1, 0.15) is 11.8 Å². The van der Waals surface area contributed by atoms with Gasteiger partial charge in [0.15, 0.2) is 0 Å². The Labute approximate surface area is 134 Å². The second-order valence-corrected chi connectivity index (χ2v) is 5.64. The Morgan fingerprint density at radius 1 is 1.39 bits per heavy atom. The molecule has 1 N–H and O–H groups in total. The first-order chi connectivity index (χ1) is 11.1. The average molecular weight is 313 g/mol. The fourth-order valence-corrected chi connectivity index (χ4v) is 2.75. The summed E-state index contributed by atoms with van der Waals surface area (Å²) in [4.78, 5) is 30.8. The van der Waals surface area contributed by atoms with E-state index in [0.717, 1.165) is 12.1 Å². The molecule has 3 heterocycles. The summed E-state index contributed by atoms with van der Waals surface area (Å²) < 4.78 is 5.20. The van der Waals surface area contributed by atoms with Crippen LogP contribution >= 0.6 is 0 Å². The quantitative estimate of drug-likeness (QED) is 0.935. The van der Waals surface area contributed by atoms with Crippen LogP contribution in [0, 0.1) is 6.92 Å². The predicted octanol–water partition coefficient (Wildman–Crippen LogP) is 1.90. The summed E-state index contributed by atoms with van der Waals surface area (Å²) in [7, 11) is 0. The molecule has 0 saturated carbocycles. The zero-order valence-corrected chi connectivity index (χ0v) is 13.0. The van der Waals surface area contributed by atoms with Crippen LogP contribution in [0.25, 0.3) is 0 Å². The third-order valence-electron chi connectivity index (χ3n) is 3.99. The normalized spacial score (nSPS) is 17.3. The van der Waals surface area contributed by atoms with E-state index in [4.69, 9.17) is 4.42 Å². The van der Waals surface area contributed by atoms with Gasteiger partial charge in [0.05, 0.1) is 18.4 Å². The van der Waals surface area contributed by atoms with Crippen LogP contribution in [0.15, 0.2) is 41.1 Å². The second kappa shape index (κ2) is 6.64. The van der Waals surface area contributed by atoms with Gasteiger partial charge in [-0.05, 0) is 44.0 Å². The SMILES string of the molecule is Cc1ccc(C(=O)N2CCCC2C(=O)NCc2ccco2)cn1. The van der Waals surface area contributed by atoms with Crippen LogP contribution in [0.2, 0.25) is 0 Å². The molecule has 1 saturated heterocycles. The molecule has 23 heavy (non-hydrogen) atoms. The Balaban J connectivity index is 1.65. The van der Waals surface area contributed by atoms with Crippen LogP contribution < -0.4 is 5.32 Å². The minimum Gasteiger partial charge on any atom is -0.467 e. The summed E-state index contributed by atoms with van der Waals surface area (Å²) in [5.74, 6) is 0.400. The van der Waals surface area contributed by atoms with Gasteiger partial charge in [-0.2, -0.15) is 0 Å². The highest BCUT2D eigenvalue weighted by Crippen LogP contribution is 2.20. The Bertz CT molecular complexity index is 680. The highest BCUT2D eigenvalue weighted by molar-refractivity contribution is 5.97. The summed E-state index contributed by atoms with van der Waals surface area (Å²) >= 11 is 0. The number of amides is 2. The number of likely N-dealkylation sites (tertiary alicyclic amines) is 1. The van der Waals surface area contributed by atoms with Crippen molar-refractivity contribution in [3.8, 4) is 0 Å². The topological polar surface area (TPSA) is 75.4 Å². The molecule has 2 aromatic rings. The predicted molar refractivity (Wildman–Crippen MR) is 83.6 cm³/mol. The molecule has 0 bridgehead atoms. The summed E-state index contributed by atoms with van der Waals surface area (Å²) in [6.45, 7) is 2.79. The maximum Gasteiger partial charge on any atom is 0.256 e. The van der Waals surface area contributed by atoms with E-state index in [-0.39, 0.29) is 11.8 Å². The summed E-state index contributed by atoms with van der Waals surface area (Å²) in [6, 6.07) is 6.70. The van der Waals surface area contributed by atoms with Gasteiger partial charge < -0.3 is 14.6 Å². The zero-order valence-electron chi connectivity index (χ0n) is 13.0. The first-order valence-corrected chi connectivity index (χ1v) is 7.69. The molecule has 0 radical (unpaired) electrons. The van der Waals surface area contributed by atoms with Gasteiger partial charge in [-0.15, -0.1) is 0 Å². The maximum atomic E-state index is 12.6. The number of furan rings is 1. The minimum absolute atomic E-state index is 0.145. The largest absolute Gasteiger partial charge is 0.467 e. The third-order valence-corrected chi connectivity index (χ3v) is 3.99. The molecule has 1 unspecified atom stereocenters. The van der Waals surface area contributed by atoms with Crippen molar-refractivity contribution >= 4 is 11.8 Å². The van der Waals surface area contributed by atoms with Gasteiger partial charge in [0.2, 0.25) is 5.91 Å². The van der Waals surface area contributed by atoms with Crippen molar-refractivity contribution in [3.63, 3.8) is 0 Å². The molecule has 1 aliphatic rings. The molecule has 3 rings (SSSR count). The molecule has 6 heteroatoms. The Kier molecular flexibility index (Phi) is 4.41. The van der Waals surface area contributed by atoms with Gasteiger partial charge in [-0.25, -0.2) is 0 Å². The summed E-state index contributed by atoms with van der Waals surface area (Å²) in [5.41, 5.74) is 1.37. The van der Waals surface area contributed by atoms with E-state index in [1.54, 1.807) is 41.6 Å². The monoisotopic (exact) mass is 313 g/mol. The van der Waals surface area contributed by atoms with E-state index in [1.165, 1.54) is 0 Å². The van der Waals surface area contributed by atoms with Crippen molar-refractivity contribution in [1.82, 2.24) is 15.2 Å². The Morgan fingerprint density at radius 3 is 2.96 bits per heavy atom. The van der Waals surface area contributed by atoms with Gasteiger partial charge in [0, 0.05) is 18.4 Å². The molecule has 120 valence electrons. The highest BCUT2D eigenvalue weighted by atomic mass is 16.3. The molecule has 1 fully saturated rings. The van der Waals surface area contributed by atoms with Crippen molar-refractivity contribution in [2.75, 3.05) is 6.54 Å². The van der Waals surface area contributed by atoms with Crippen LogP contribution in [-0.2, 0) is 11.3 Å². The van der Waals surface area contributed by atoms with E-state index >= 15 is 0 Å². The van der Waals surface area contributed by atoms with Crippen molar-refractivity contribution < 1.29 is 14.0 Å². The number of aromatic nitrogens is 1. The van der Waals surface area contributed by atoms with Crippen LogP contribution in [0.1, 0.15) is 34.7 Å². The first-order valence-electron chi connectivity index (χ1n) is 7.69. The molecule has 2 amide bonds. The van der Waals surface area contributed by atoms with E-state index in [2.05, 4.69) is 10.3 Å². The molecule has 2 aromatic heterocycles. The number of pyridine rings is 1. The van der Waals surface area contributed by atoms with Gasteiger partial charge in [-0.3, -0.25) is 14.6 Å². The van der Waals surface area contributed by atoms with Crippen LogP contribution in [-0.4, -0.2) is 34.3 Å². The van der Waals surface area contributed by atoms with Gasteiger partial charge in [-0.1, -0.05) is 0 Å². The maximum absolute atomic E-state index is 12.6. The molecular formula is C17H19N3O3. The van der Waals surface area contributed by atoms with Crippen molar-refractivity contribution in [2.24, 2.45) is 0 Å². The minimum atomic E-state index is -0.432. The lowest BCUT2D eigenvalue weighted by Gasteiger charge is -2.23. The zero-order chi connectivity index (χ0) is 16.2. The van der Waals surface area contributed by atoms with Crippen molar-refractivity contribution in [1.29, 1.82) is 0 Å². The summed E-state index contributed by atoms with van der Waals surface area (Å²) in [5, 5.41) is 2.83. The summed E-state index contributed by atoms with van der Waals surface area (Å²) in [6.07, 6.45) is 4.63. The fraction of sp³-hybridized carbons (Fsp3) is 0.353. The number of hydrogen-bond donors (Lipinski definition) is 1. The smallest absolute Gasteiger partial charge is 0.256 e. The van der Waals surface area contributed by atoms with Crippen molar-refractivity contribution in [2.45, 2.75) is 32.4 Å². The number of carbonyl (C=O) groups is 2. The van der Waals surface area contributed by atoms with E-state index in [0.29, 0.717) is 30.8 Å².